The second kappa shape index (κ2) is 9.67. The standard InChI is InChI=1S/C25H23F3N4O4S/c1-24(2,36)15-9-8-14(17(10-15)25(26,27)28)12-32-19-7-5-4-6-16(19)18(30-32)11-20-22(35)29-23(37-20)31(3)13-21(33)34/h4-11,36H,12-13H2,1-3H3,(H,33,34). The summed E-state index contributed by atoms with van der Waals surface area (Å²) in [6.07, 6.45) is -3.15. The summed E-state index contributed by atoms with van der Waals surface area (Å²) in [5.74, 6) is -1.63. The van der Waals surface area contributed by atoms with Gasteiger partial charge in [-0.3, -0.25) is 14.3 Å². The van der Waals surface area contributed by atoms with Gasteiger partial charge in [0.25, 0.3) is 5.91 Å². The largest absolute Gasteiger partial charge is 0.480 e. The van der Waals surface area contributed by atoms with Crippen molar-refractivity contribution in [2.75, 3.05) is 13.6 Å². The van der Waals surface area contributed by atoms with Crippen LogP contribution < -0.4 is 0 Å². The molecule has 4 rings (SSSR count). The lowest BCUT2D eigenvalue weighted by atomic mass is 9.93. The van der Waals surface area contributed by atoms with Crippen molar-refractivity contribution in [1.82, 2.24) is 14.7 Å². The molecule has 0 saturated heterocycles. The SMILES string of the molecule is CN(CC(=O)O)C1=NC(=O)C(=Cc2nn(Cc3ccc(C(C)(C)O)cc3C(F)(F)F)c3ccccc23)S1. The molecule has 1 aromatic heterocycles. The van der Waals surface area contributed by atoms with E-state index in [4.69, 9.17) is 5.11 Å². The maximum atomic E-state index is 13.9. The van der Waals surface area contributed by atoms with Gasteiger partial charge in [-0.05, 0) is 54.9 Å². The Hall–Kier alpha value is -3.64. The van der Waals surface area contributed by atoms with Crippen molar-refractivity contribution in [1.29, 1.82) is 0 Å². The molecule has 37 heavy (non-hydrogen) atoms. The first-order valence-electron chi connectivity index (χ1n) is 11.1. The number of amidine groups is 1. The number of hydrogen-bond acceptors (Lipinski definition) is 6. The summed E-state index contributed by atoms with van der Waals surface area (Å²) in [5.41, 5.74) is -1.27. The van der Waals surface area contributed by atoms with Crippen molar-refractivity contribution < 1.29 is 33.0 Å². The number of para-hydroxylation sites is 1. The fourth-order valence-electron chi connectivity index (χ4n) is 3.86. The number of thioether (sulfide) groups is 1. The van der Waals surface area contributed by atoms with Gasteiger partial charge in [-0.25, -0.2) is 0 Å². The number of aliphatic carboxylic acids is 1. The van der Waals surface area contributed by atoms with Gasteiger partial charge in [0.15, 0.2) is 5.17 Å². The van der Waals surface area contributed by atoms with Gasteiger partial charge < -0.3 is 15.1 Å². The van der Waals surface area contributed by atoms with Crippen molar-refractivity contribution in [3.8, 4) is 0 Å². The minimum Gasteiger partial charge on any atom is -0.480 e. The van der Waals surface area contributed by atoms with E-state index in [1.807, 2.05) is 0 Å². The van der Waals surface area contributed by atoms with Gasteiger partial charge in [0, 0.05) is 12.4 Å². The minimum atomic E-state index is -4.65. The number of carbonyl (C=O) groups is 2. The minimum absolute atomic E-state index is 0.0276. The van der Waals surface area contributed by atoms with Crippen LogP contribution in [0.1, 0.15) is 36.2 Å². The average Bonchev–Trinajstić information content (AvgIpc) is 3.33. The Kier molecular flexibility index (Phi) is 6.91. The first-order valence-corrected chi connectivity index (χ1v) is 11.9. The molecule has 0 bridgehead atoms. The summed E-state index contributed by atoms with van der Waals surface area (Å²) in [7, 11) is 1.50. The summed E-state index contributed by atoms with van der Waals surface area (Å²) in [5, 5.41) is 24.5. The van der Waals surface area contributed by atoms with E-state index in [-0.39, 0.29) is 34.3 Å². The lowest BCUT2D eigenvalue weighted by Crippen LogP contribution is -2.29. The third-order valence-electron chi connectivity index (χ3n) is 5.70. The summed E-state index contributed by atoms with van der Waals surface area (Å²) in [6, 6.07) is 10.7. The second-order valence-electron chi connectivity index (χ2n) is 9.05. The van der Waals surface area contributed by atoms with Crippen LogP contribution in [0.2, 0.25) is 0 Å². The number of hydrogen-bond donors (Lipinski definition) is 2. The molecule has 1 amide bonds. The topological polar surface area (TPSA) is 108 Å². The van der Waals surface area contributed by atoms with Crippen LogP contribution in [0, 0.1) is 0 Å². The lowest BCUT2D eigenvalue weighted by Gasteiger charge is -2.21. The zero-order chi connectivity index (χ0) is 27.1. The molecule has 1 aliphatic heterocycles. The molecule has 0 radical (unpaired) electrons. The van der Waals surface area contributed by atoms with Crippen LogP contribution in [0.3, 0.4) is 0 Å². The summed E-state index contributed by atoms with van der Waals surface area (Å²) in [4.78, 5) is 28.9. The van der Waals surface area contributed by atoms with E-state index in [1.165, 1.54) is 48.7 Å². The Morgan fingerprint density at radius 3 is 2.54 bits per heavy atom. The average molecular weight is 533 g/mol. The molecule has 2 heterocycles. The van der Waals surface area contributed by atoms with Crippen LogP contribution in [-0.4, -0.2) is 55.5 Å². The highest BCUT2D eigenvalue weighted by Gasteiger charge is 2.35. The van der Waals surface area contributed by atoms with E-state index >= 15 is 0 Å². The fourth-order valence-corrected chi connectivity index (χ4v) is 4.71. The highest BCUT2D eigenvalue weighted by atomic mass is 32.2. The maximum absolute atomic E-state index is 13.9. The highest BCUT2D eigenvalue weighted by Crippen LogP contribution is 2.36. The first-order chi connectivity index (χ1) is 17.2. The van der Waals surface area contributed by atoms with Crippen LogP contribution >= 0.6 is 11.8 Å². The number of alkyl halides is 3. The zero-order valence-electron chi connectivity index (χ0n) is 20.1. The number of amides is 1. The van der Waals surface area contributed by atoms with Crippen LogP contribution in [0.4, 0.5) is 13.2 Å². The molecule has 8 nitrogen and oxygen atoms in total. The maximum Gasteiger partial charge on any atom is 0.416 e. The lowest BCUT2D eigenvalue weighted by molar-refractivity contribution is -0.138. The van der Waals surface area contributed by atoms with E-state index in [0.717, 1.165) is 17.8 Å². The smallest absolute Gasteiger partial charge is 0.416 e. The van der Waals surface area contributed by atoms with E-state index in [1.54, 1.807) is 24.3 Å². The molecular formula is C25H23F3N4O4S. The molecule has 3 aromatic rings. The quantitative estimate of drug-likeness (QED) is 0.456. The Labute approximate surface area is 214 Å². The Morgan fingerprint density at radius 2 is 1.89 bits per heavy atom. The van der Waals surface area contributed by atoms with E-state index < -0.39 is 29.2 Å². The first kappa shape index (κ1) is 26.4. The Morgan fingerprint density at radius 1 is 1.19 bits per heavy atom. The van der Waals surface area contributed by atoms with E-state index in [9.17, 15) is 27.9 Å². The van der Waals surface area contributed by atoms with Gasteiger partial charge >= 0.3 is 12.1 Å². The molecule has 2 N–H and O–H groups in total. The number of benzene rings is 2. The number of aromatic nitrogens is 2. The zero-order valence-corrected chi connectivity index (χ0v) is 20.9. The number of carbonyl (C=O) groups excluding carboxylic acids is 1. The highest BCUT2D eigenvalue weighted by molar-refractivity contribution is 8.18. The van der Waals surface area contributed by atoms with Crippen LogP contribution in [0.15, 0.2) is 52.4 Å². The molecule has 0 unspecified atom stereocenters. The van der Waals surface area contributed by atoms with Crippen molar-refractivity contribution >= 4 is 45.8 Å². The summed E-state index contributed by atoms with van der Waals surface area (Å²) in [6.45, 7) is 2.30. The molecular weight excluding hydrogens is 509 g/mol. The molecule has 194 valence electrons. The van der Waals surface area contributed by atoms with Crippen LogP contribution in [0.25, 0.3) is 17.0 Å². The number of carboxylic acid groups (broad SMARTS) is 1. The van der Waals surface area contributed by atoms with Crippen LogP contribution in [0.5, 0.6) is 0 Å². The van der Waals surface area contributed by atoms with Crippen molar-refractivity contribution in [3.05, 3.63) is 69.8 Å². The van der Waals surface area contributed by atoms with E-state index in [0.29, 0.717) is 16.6 Å². The number of likely N-dealkylation sites (N-methyl/N-ethyl adjacent to an activating group) is 1. The van der Waals surface area contributed by atoms with Gasteiger partial charge in [-0.2, -0.15) is 23.3 Å². The number of fused-ring (bicyclic) bond motifs is 1. The summed E-state index contributed by atoms with van der Waals surface area (Å²) >= 11 is 0.998. The van der Waals surface area contributed by atoms with Crippen molar-refractivity contribution in [2.45, 2.75) is 32.2 Å². The molecule has 0 fully saturated rings. The van der Waals surface area contributed by atoms with E-state index in [2.05, 4.69) is 10.1 Å². The molecule has 12 heteroatoms. The van der Waals surface area contributed by atoms with Gasteiger partial charge in [-0.1, -0.05) is 30.3 Å². The third kappa shape index (κ3) is 5.70. The number of nitrogens with zero attached hydrogens (tertiary/aromatic N) is 4. The predicted molar refractivity (Wildman–Crippen MR) is 134 cm³/mol. The predicted octanol–water partition coefficient (Wildman–Crippen LogP) is 4.32. The molecule has 1 aliphatic rings. The summed E-state index contributed by atoms with van der Waals surface area (Å²) < 4.78 is 43.2. The number of aliphatic imine (C=N–C) groups is 1. The molecule has 0 spiro atoms. The molecule has 0 atom stereocenters. The Balaban J connectivity index is 1.71. The monoisotopic (exact) mass is 532 g/mol. The fraction of sp³-hybridized carbons (Fsp3) is 0.280. The van der Waals surface area contributed by atoms with Crippen molar-refractivity contribution in [2.24, 2.45) is 4.99 Å². The van der Waals surface area contributed by atoms with Gasteiger partial charge in [0.05, 0.1) is 33.8 Å². The molecule has 2 aromatic carbocycles. The number of aliphatic hydroxyl groups is 1. The molecule has 0 aliphatic carbocycles. The number of carboxylic acids is 1. The van der Waals surface area contributed by atoms with Gasteiger partial charge in [-0.15, -0.1) is 0 Å². The Bertz CT molecular complexity index is 1450. The van der Waals surface area contributed by atoms with Gasteiger partial charge in [0.1, 0.15) is 6.54 Å². The number of halogens is 3. The normalized spacial score (nSPS) is 15.5. The third-order valence-corrected chi connectivity index (χ3v) is 6.80. The molecule has 0 saturated carbocycles. The second-order valence-corrected chi connectivity index (χ2v) is 10.1. The van der Waals surface area contributed by atoms with Crippen LogP contribution in [-0.2, 0) is 27.9 Å². The number of rotatable bonds is 6. The van der Waals surface area contributed by atoms with Gasteiger partial charge in [0.2, 0.25) is 0 Å². The van der Waals surface area contributed by atoms with Crippen molar-refractivity contribution in [3.63, 3.8) is 0 Å².